The number of hydrogen-bond acceptors (Lipinski definition) is 3. The largest absolute Gasteiger partial charge is 0.360 e. The molecule has 5 heteroatoms. The minimum absolute atomic E-state index is 0.0112. The maximum atomic E-state index is 11.8. The lowest BCUT2D eigenvalue weighted by molar-refractivity contribution is 0.168. The highest BCUT2D eigenvalue weighted by Gasteiger charge is 2.20. The van der Waals surface area contributed by atoms with Crippen molar-refractivity contribution < 1.29 is 9.32 Å². The van der Waals surface area contributed by atoms with Crippen molar-refractivity contribution in [1.29, 1.82) is 0 Å². The molecule has 1 aromatic rings. The zero-order valence-electron chi connectivity index (χ0n) is 9.48. The molecule has 1 saturated heterocycles. The SMILES string of the molecule is CC1CCCN(C(=O)NCc2ccno2)C1. The number of nitrogens with zero attached hydrogens (tertiary/aromatic N) is 2. The Bertz CT molecular complexity index is 337. The van der Waals surface area contributed by atoms with Gasteiger partial charge in [-0.3, -0.25) is 0 Å². The van der Waals surface area contributed by atoms with Crippen molar-refractivity contribution in [1.82, 2.24) is 15.4 Å². The smallest absolute Gasteiger partial charge is 0.317 e. The summed E-state index contributed by atoms with van der Waals surface area (Å²) in [4.78, 5) is 13.7. The first kappa shape index (κ1) is 11.0. The van der Waals surface area contributed by atoms with Gasteiger partial charge in [0, 0.05) is 19.2 Å². The maximum absolute atomic E-state index is 11.8. The predicted octanol–water partition coefficient (Wildman–Crippen LogP) is 1.62. The fourth-order valence-electron chi connectivity index (χ4n) is 1.98. The van der Waals surface area contributed by atoms with Crippen LogP contribution in [0.2, 0.25) is 0 Å². The number of hydrogen-bond donors (Lipinski definition) is 1. The molecule has 1 unspecified atom stereocenters. The molecular weight excluding hydrogens is 206 g/mol. The van der Waals surface area contributed by atoms with Crippen LogP contribution in [0.3, 0.4) is 0 Å². The molecular formula is C11H17N3O2. The highest BCUT2D eigenvalue weighted by molar-refractivity contribution is 5.74. The van der Waals surface area contributed by atoms with Gasteiger partial charge in [-0.2, -0.15) is 0 Å². The van der Waals surface area contributed by atoms with Gasteiger partial charge in [0.05, 0.1) is 12.7 Å². The fourth-order valence-corrected chi connectivity index (χ4v) is 1.98. The number of carbonyl (C=O) groups excluding carboxylic acids is 1. The van der Waals surface area contributed by atoms with E-state index in [4.69, 9.17) is 4.52 Å². The molecule has 0 spiro atoms. The summed E-state index contributed by atoms with van der Waals surface area (Å²) in [5.74, 6) is 1.28. The Morgan fingerprint density at radius 1 is 1.75 bits per heavy atom. The molecule has 1 aliphatic rings. The Hall–Kier alpha value is -1.52. The highest BCUT2D eigenvalue weighted by Crippen LogP contribution is 2.15. The topological polar surface area (TPSA) is 58.4 Å². The lowest BCUT2D eigenvalue weighted by Gasteiger charge is -2.30. The number of amides is 2. The summed E-state index contributed by atoms with van der Waals surface area (Å²) in [7, 11) is 0. The van der Waals surface area contributed by atoms with Crippen LogP contribution in [0.5, 0.6) is 0 Å². The van der Waals surface area contributed by atoms with Crippen molar-refractivity contribution in [2.24, 2.45) is 5.92 Å². The molecule has 0 bridgehead atoms. The first-order valence-electron chi connectivity index (χ1n) is 5.68. The molecule has 1 atom stereocenters. The fraction of sp³-hybridized carbons (Fsp3) is 0.636. The monoisotopic (exact) mass is 223 g/mol. The summed E-state index contributed by atoms with van der Waals surface area (Å²) in [5, 5.41) is 6.41. The average Bonchev–Trinajstić information content (AvgIpc) is 2.78. The third-order valence-corrected chi connectivity index (χ3v) is 2.85. The highest BCUT2D eigenvalue weighted by atomic mass is 16.5. The van der Waals surface area contributed by atoms with E-state index in [2.05, 4.69) is 17.4 Å². The van der Waals surface area contributed by atoms with Crippen molar-refractivity contribution in [2.75, 3.05) is 13.1 Å². The first-order chi connectivity index (χ1) is 7.75. The molecule has 0 radical (unpaired) electrons. The molecule has 0 saturated carbocycles. The van der Waals surface area contributed by atoms with Gasteiger partial charge in [0.1, 0.15) is 0 Å². The normalized spacial score (nSPS) is 20.8. The van der Waals surface area contributed by atoms with Crippen LogP contribution in [-0.2, 0) is 6.54 Å². The molecule has 1 aliphatic heterocycles. The van der Waals surface area contributed by atoms with Crippen molar-refractivity contribution >= 4 is 6.03 Å². The molecule has 2 rings (SSSR count). The van der Waals surface area contributed by atoms with Gasteiger partial charge in [0.15, 0.2) is 5.76 Å². The summed E-state index contributed by atoms with van der Waals surface area (Å²) in [6, 6.07) is 1.74. The number of urea groups is 1. The second-order valence-electron chi connectivity index (χ2n) is 4.33. The summed E-state index contributed by atoms with van der Waals surface area (Å²) in [6.45, 7) is 4.29. The van der Waals surface area contributed by atoms with Crippen LogP contribution in [0.15, 0.2) is 16.8 Å². The van der Waals surface area contributed by atoms with E-state index in [-0.39, 0.29) is 6.03 Å². The number of piperidine rings is 1. The van der Waals surface area contributed by atoms with Gasteiger partial charge < -0.3 is 14.7 Å². The standard InChI is InChI=1S/C11H17N3O2/c1-9-3-2-6-14(8-9)11(15)12-7-10-4-5-13-16-10/h4-5,9H,2-3,6-8H2,1H3,(H,12,15). The van der Waals surface area contributed by atoms with Gasteiger partial charge in [0.2, 0.25) is 0 Å². The Balaban J connectivity index is 1.79. The van der Waals surface area contributed by atoms with E-state index in [1.54, 1.807) is 12.3 Å². The van der Waals surface area contributed by atoms with Crippen LogP contribution in [0.1, 0.15) is 25.5 Å². The first-order valence-corrected chi connectivity index (χ1v) is 5.68. The summed E-state index contributed by atoms with van der Waals surface area (Å²) >= 11 is 0. The number of rotatable bonds is 2. The van der Waals surface area contributed by atoms with Crippen LogP contribution in [0.4, 0.5) is 4.79 Å². The Kier molecular flexibility index (Phi) is 3.44. The molecule has 2 heterocycles. The quantitative estimate of drug-likeness (QED) is 0.828. The second-order valence-corrected chi connectivity index (χ2v) is 4.33. The molecule has 1 N–H and O–H groups in total. The molecule has 5 nitrogen and oxygen atoms in total. The van der Waals surface area contributed by atoms with Crippen molar-refractivity contribution in [3.63, 3.8) is 0 Å². The third kappa shape index (κ3) is 2.74. The second kappa shape index (κ2) is 5.01. The van der Waals surface area contributed by atoms with E-state index in [9.17, 15) is 4.79 Å². The minimum Gasteiger partial charge on any atom is -0.360 e. The maximum Gasteiger partial charge on any atom is 0.317 e. The molecule has 88 valence electrons. The van der Waals surface area contributed by atoms with E-state index in [1.807, 2.05) is 4.90 Å². The number of likely N-dealkylation sites (tertiary alicyclic amines) is 1. The summed E-state index contributed by atoms with van der Waals surface area (Å²) < 4.78 is 4.91. The third-order valence-electron chi connectivity index (χ3n) is 2.85. The molecule has 2 amide bonds. The van der Waals surface area contributed by atoms with Crippen LogP contribution < -0.4 is 5.32 Å². The van der Waals surface area contributed by atoms with Gasteiger partial charge in [-0.25, -0.2) is 4.79 Å². The number of nitrogens with one attached hydrogen (secondary N) is 1. The lowest BCUT2D eigenvalue weighted by atomic mass is 10.0. The van der Waals surface area contributed by atoms with Gasteiger partial charge in [-0.15, -0.1) is 0 Å². The number of carbonyl (C=O) groups is 1. The summed E-state index contributed by atoms with van der Waals surface area (Å²) in [6.07, 6.45) is 3.88. The van der Waals surface area contributed by atoms with Gasteiger partial charge in [0.25, 0.3) is 0 Å². The van der Waals surface area contributed by atoms with Crippen LogP contribution in [-0.4, -0.2) is 29.2 Å². The number of aromatic nitrogens is 1. The molecule has 16 heavy (non-hydrogen) atoms. The van der Waals surface area contributed by atoms with E-state index in [1.165, 1.54) is 6.42 Å². The molecule has 1 aromatic heterocycles. The van der Waals surface area contributed by atoms with Gasteiger partial charge >= 0.3 is 6.03 Å². The molecule has 0 aliphatic carbocycles. The predicted molar refractivity (Wildman–Crippen MR) is 58.7 cm³/mol. The van der Waals surface area contributed by atoms with E-state index in [0.29, 0.717) is 18.2 Å². The van der Waals surface area contributed by atoms with E-state index in [0.717, 1.165) is 19.5 Å². The van der Waals surface area contributed by atoms with Crippen molar-refractivity contribution in [3.05, 3.63) is 18.0 Å². The average molecular weight is 223 g/mol. The Morgan fingerprint density at radius 2 is 2.62 bits per heavy atom. The van der Waals surface area contributed by atoms with Gasteiger partial charge in [-0.05, 0) is 18.8 Å². The molecule has 1 fully saturated rings. The Labute approximate surface area is 94.8 Å². The lowest BCUT2D eigenvalue weighted by Crippen LogP contribution is -2.44. The van der Waals surface area contributed by atoms with Crippen molar-refractivity contribution in [2.45, 2.75) is 26.3 Å². The van der Waals surface area contributed by atoms with E-state index >= 15 is 0 Å². The van der Waals surface area contributed by atoms with Crippen LogP contribution in [0, 0.1) is 5.92 Å². The van der Waals surface area contributed by atoms with Gasteiger partial charge in [-0.1, -0.05) is 12.1 Å². The van der Waals surface area contributed by atoms with Crippen molar-refractivity contribution in [3.8, 4) is 0 Å². The van der Waals surface area contributed by atoms with Crippen LogP contribution >= 0.6 is 0 Å². The zero-order valence-corrected chi connectivity index (χ0v) is 9.48. The van der Waals surface area contributed by atoms with Crippen LogP contribution in [0.25, 0.3) is 0 Å². The van der Waals surface area contributed by atoms with E-state index < -0.39 is 0 Å². The zero-order chi connectivity index (χ0) is 11.4. The minimum atomic E-state index is -0.0112. The summed E-state index contributed by atoms with van der Waals surface area (Å²) in [5.41, 5.74) is 0. The molecule has 0 aromatic carbocycles. The Morgan fingerprint density at radius 3 is 3.31 bits per heavy atom.